The third-order valence-electron chi connectivity index (χ3n) is 1.94. The molecule has 0 aromatic heterocycles. The highest BCUT2D eigenvalue weighted by Gasteiger charge is 2.14. The first-order valence-corrected chi connectivity index (χ1v) is 6.26. The summed E-state index contributed by atoms with van der Waals surface area (Å²) in [6.07, 6.45) is 0. The lowest BCUT2D eigenvalue weighted by Gasteiger charge is -2.09. The Bertz CT molecular complexity index is 425. The largest absolute Gasteiger partial charge is 0.480 e. The fourth-order valence-electron chi connectivity index (χ4n) is 1.05. The van der Waals surface area contributed by atoms with Crippen LogP contribution in [0.4, 0.5) is 0 Å². The van der Waals surface area contributed by atoms with E-state index in [4.69, 9.17) is 16.7 Å². The molecule has 1 rings (SSSR count). The molecule has 0 fully saturated rings. The Kier molecular flexibility index (Phi) is 5.31. The van der Waals surface area contributed by atoms with Crippen molar-refractivity contribution in [3.05, 3.63) is 29.3 Å². The van der Waals surface area contributed by atoms with E-state index in [0.717, 1.165) is 4.90 Å². The van der Waals surface area contributed by atoms with Crippen molar-refractivity contribution >= 4 is 35.2 Å². The van der Waals surface area contributed by atoms with Crippen LogP contribution in [0.25, 0.3) is 0 Å². The van der Waals surface area contributed by atoms with Crippen LogP contribution in [0.5, 0.6) is 0 Å². The van der Waals surface area contributed by atoms with Gasteiger partial charge in [-0.2, -0.15) is 0 Å². The normalized spacial score (nSPS) is 11.9. The molecular formula is C11H12ClNO3S. The number of hydrogen-bond acceptors (Lipinski definition) is 3. The maximum atomic E-state index is 11.4. The van der Waals surface area contributed by atoms with E-state index in [-0.39, 0.29) is 11.7 Å². The van der Waals surface area contributed by atoms with Crippen LogP contribution in [0.3, 0.4) is 0 Å². The van der Waals surface area contributed by atoms with Gasteiger partial charge in [0, 0.05) is 4.90 Å². The number of carbonyl (C=O) groups excluding carboxylic acids is 1. The number of thioether (sulfide) groups is 1. The minimum atomic E-state index is -1.05. The van der Waals surface area contributed by atoms with Crippen molar-refractivity contribution in [2.45, 2.75) is 17.9 Å². The van der Waals surface area contributed by atoms with Gasteiger partial charge in [-0.25, -0.2) is 0 Å². The third kappa shape index (κ3) is 4.66. The Hall–Kier alpha value is -1.20. The second kappa shape index (κ2) is 6.51. The predicted molar refractivity (Wildman–Crippen MR) is 67.4 cm³/mol. The summed E-state index contributed by atoms with van der Waals surface area (Å²) >= 11 is 7.19. The number of rotatable bonds is 5. The minimum absolute atomic E-state index is 0.140. The Morgan fingerprint density at radius 1 is 1.47 bits per heavy atom. The summed E-state index contributed by atoms with van der Waals surface area (Å²) in [4.78, 5) is 22.7. The van der Waals surface area contributed by atoms with Gasteiger partial charge in [-0.05, 0) is 19.1 Å². The van der Waals surface area contributed by atoms with E-state index in [9.17, 15) is 9.59 Å². The van der Waals surface area contributed by atoms with E-state index in [0.29, 0.717) is 5.02 Å². The molecule has 2 N–H and O–H groups in total. The lowest BCUT2D eigenvalue weighted by molar-refractivity contribution is -0.140. The van der Waals surface area contributed by atoms with Gasteiger partial charge < -0.3 is 10.4 Å². The van der Waals surface area contributed by atoms with Crippen molar-refractivity contribution in [1.82, 2.24) is 5.32 Å². The van der Waals surface area contributed by atoms with Gasteiger partial charge in [0.25, 0.3) is 0 Å². The molecule has 0 radical (unpaired) electrons. The predicted octanol–water partition coefficient (Wildman–Crippen LogP) is 2.02. The first kappa shape index (κ1) is 13.9. The highest BCUT2D eigenvalue weighted by atomic mass is 35.5. The summed E-state index contributed by atoms with van der Waals surface area (Å²) < 4.78 is 0. The Morgan fingerprint density at radius 3 is 2.71 bits per heavy atom. The van der Waals surface area contributed by atoms with Crippen molar-refractivity contribution in [2.75, 3.05) is 5.75 Å². The van der Waals surface area contributed by atoms with Crippen molar-refractivity contribution in [3.63, 3.8) is 0 Å². The molecule has 0 saturated carbocycles. The molecule has 92 valence electrons. The van der Waals surface area contributed by atoms with Gasteiger partial charge in [-0.1, -0.05) is 23.7 Å². The Morgan fingerprint density at radius 2 is 2.12 bits per heavy atom. The second-order valence-corrected chi connectivity index (χ2v) is 4.77. The average Bonchev–Trinajstić information content (AvgIpc) is 2.27. The summed E-state index contributed by atoms with van der Waals surface area (Å²) in [7, 11) is 0. The molecule has 0 saturated heterocycles. The number of nitrogens with one attached hydrogen (secondary N) is 1. The second-order valence-electron chi connectivity index (χ2n) is 3.35. The first-order chi connectivity index (χ1) is 8.00. The van der Waals surface area contributed by atoms with Gasteiger partial charge in [0.15, 0.2) is 0 Å². The van der Waals surface area contributed by atoms with Gasteiger partial charge in [0.1, 0.15) is 6.04 Å². The maximum Gasteiger partial charge on any atom is 0.325 e. The van der Waals surface area contributed by atoms with Gasteiger partial charge in [-0.3, -0.25) is 9.59 Å². The Balaban J connectivity index is 2.44. The topological polar surface area (TPSA) is 66.4 Å². The van der Waals surface area contributed by atoms with Crippen LogP contribution in [0.15, 0.2) is 29.2 Å². The molecule has 0 unspecified atom stereocenters. The van der Waals surface area contributed by atoms with Crippen molar-refractivity contribution in [2.24, 2.45) is 0 Å². The quantitative estimate of drug-likeness (QED) is 0.806. The van der Waals surface area contributed by atoms with Crippen molar-refractivity contribution in [3.8, 4) is 0 Å². The molecular weight excluding hydrogens is 262 g/mol. The zero-order valence-corrected chi connectivity index (χ0v) is 10.7. The van der Waals surface area contributed by atoms with Gasteiger partial charge >= 0.3 is 5.97 Å². The number of carboxylic acids is 1. The van der Waals surface area contributed by atoms with E-state index in [1.54, 1.807) is 18.2 Å². The molecule has 0 spiro atoms. The number of carboxylic acid groups (broad SMARTS) is 1. The molecule has 17 heavy (non-hydrogen) atoms. The van der Waals surface area contributed by atoms with Crippen LogP contribution in [0, 0.1) is 0 Å². The number of carbonyl (C=O) groups is 2. The summed E-state index contributed by atoms with van der Waals surface area (Å²) in [5.41, 5.74) is 0. The van der Waals surface area contributed by atoms with Crippen LogP contribution in [-0.2, 0) is 9.59 Å². The highest BCUT2D eigenvalue weighted by Crippen LogP contribution is 2.26. The summed E-state index contributed by atoms with van der Waals surface area (Å²) in [5.74, 6) is -1.24. The first-order valence-electron chi connectivity index (χ1n) is 4.90. The van der Waals surface area contributed by atoms with E-state index in [2.05, 4.69) is 5.32 Å². The molecule has 0 aliphatic rings. The lowest BCUT2D eigenvalue weighted by atomic mass is 10.3. The molecule has 0 aliphatic carbocycles. The van der Waals surface area contributed by atoms with Crippen LogP contribution >= 0.6 is 23.4 Å². The number of halogens is 1. The molecule has 0 bridgehead atoms. The van der Waals surface area contributed by atoms with E-state index >= 15 is 0 Å². The Labute approximate surface area is 108 Å². The molecule has 1 amide bonds. The number of aliphatic carboxylic acids is 1. The summed E-state index contributed by atoms with van der Waals surface area (Å²) in [5, 5.41) is 11.6. The number of benzene rings is 1. The summed E-state index contributed by atoms with van der Waals surface area (Å²) in [6.45, 7) is 1.42. The van der Waals surface area contributed by atoms with Crippen molar-refractivity contribution in [1.29, 1.82) is 0 Å². The van der Waals surface area contributed by atoms with Crippen LogP contribution in [0.1, 0.15) is 6.92 Å². The SMILES string of the molecule is C[C@@H](NC(=O)CSc1ccccc1Cl)C(=O)O. The fourth-order valence-corrected chi connectivity index (χ4v) is 2.10. The van der Waals surface area contributed by atoms with Gasteiger partial charge in [-0.15, -0.1) is 11.8 Å². The van der Waals surface area contributed by atoms with E-state index in [1.807, 2.05) is 6.07 Å². The molecule has 1 atom stereocenters. The molecule has 4 nitrogen and oxygen atoms in total. The minimum Gasteiger partial charge on any atom is -0.480 e. The maximum absolute atomic E-state index is 11.4. The van der Waals surface area contributed by atoms with Gasteiger partial charge in [0.2, 0.25) is 5.91 Å². The van der Waals surface area contributed by atoms with Gasteiger partial charge in [0.05, 0.1) is 10.8 Å². The highest BCUT2D eigenvalue weighted by molar-refractivity contribution is 8.00. The monoisotopic (exact) mass is 273 g/mol. The molecule has 6 heteroatoms. The van der Waals surface area contributed by atoms with Crippen LogP contribution in [0.2, 0.25) is 5.02 Å². The van der Waals surface area contributed by atoms with Crippen LogP contribution in [-0.4, -0.2) is 28.8 Å². The van der Waals surface area contributed by atoms with Crippen molar-refractivity contribution < 1.29 is 14.7 Å². The number of hydrogen-bond donors (Lipinski definition) is 2. The van der Waals surface area contributed by atoms with E-state index < -0.39 is 12.0 Å². The standard InChI is InChI=1S/C11H12ClNO3S/c1-7(11(15)16)13-10(14)6-17-9-5-3-2-4-8(9)12/h2-5,7H,6H2,1H3,(H,13,14)(H,15,16)/t7-/m1/s1. The van der Waals surface area contributed by atoms with E-state index in [1.165, 1.54) is 18.7 Å². The zero-order chi connectivity index (χ0) is 12.8. The number of amides is 1. The fraction of sp³-hybridized carbons (Fsp3) is 0.273. The molecule has 0 heterocycles. The lowest BCUT2D eigenvalue weighted by Crippen LogP contribution is -2.39. The third-order valence-corrected chi connectivity index (χ3v) is 3.46. The molecule has 1 aromatic carbocycles. The molecule has 1 aromatic rings. The molecule has 0 aliphatic heterocycles. The smallest absolute Gasteiger partial charge is 0.325 e. The van der Waals surface area contributed by atoms with Crippen LogP contribution < -0.4 is 5.32 Å². The average molecular weight is 274 g/mol. The summed E-state index contributed by atoms with van der Waals surface area (Å²) in [6, 6.07) is 6.29. The zero-order valence-electron chi connectivity index (χ0n) is 9.14.